The largest absolute Gasteiger partial charge is 0.295 e. The Hall–Kier alpha value is -3.36. The molecule has 0 saturated carbocycles. The minimum atomic E-state index is -0.765. The minimum absolute atomic E-state index is 0.346. The van der Waals surface area contributed by atoms with Gasteiger partial charge in [0.1, 0.15) is 12.1 Å². The van der Waals surface area contributed by atoms with Gasteiger partial charge in [0, 0.05) is 0 Å². The number of carbonyl (C=O) groups excluding carboxylic acids is 4. The van der Waals surface area contributed by atoms with Crippen molar-refractivity contribution in [1.29, 1.82) is 0 Å². The van der Waals surface area contributed by atoms with E-state index in [-0.39, 0.29) is 23.6 Å². The molecule has 6 atom stereocenters. The highest BCUT2D eigenvalue weighted by Crippen LogP contribution is 2.56. The maximum absolute atomic E-state index is 12.9. The molecular weight excluding hydrogens is 384 g/mol. The summed E-state index contributed by atoms with van der Waals surface area (Å²) in [6.07, 6.45) is 0. The summed E-state index contributed by atoms with van der Waals surface area (Å²) >= 11 is 0. The van der Waals surface area contributed by atoms with Gasteiger partial charge in [0.05, 0.1) is 23.9 Å². The Morgan fingerprint density at radius 3 is 1.23 bits per heavy atom. The summed E-state index contributed by atoms with van der Waals surface area (Å²) in [6, 6.07) is 16.2. The Bertz CT molecular complexity index is 1000. The fraction of sp³-hybridized carbons (Fsp3) is 0.273. The van der Waals surface area contributed by atoms with Gasteiger partial charge in [-0.15, -0.1) is 0 Å². The molecule has 2 N–H and O–H groups in total. The lowest BCUT2D eigenvalue weighted by atomic mass is 9.84. The Labute approximate surface area is 171 Å². The predicted molar refractivity (Wildman–Crippen MR) is 103 cm³/mol. The van der Waals surface area contributed by atoms with Crippen molar-refractivity contribution in [3.63, 3.8) is 0 Å². The van der Waals surface area contributed by atoms with Crippen molar-refractivity contribution < 1.29 is 19.2 Å². The summed E-state index contributed by atoms with van der Waals surface area (Å²) in [5.41, 5.74) is 1.67. The van der Waals surface area contributed by atoms with Gasteiger partial charge in [0.25, 0.3) is 0 Å². The fourth-order valence-electron chi connectivity index (χ4n) is 5.64. The summed E-state index contributed by atoms with van der Waals surface area (Å²) in [5, 5.41) is 8.57. The van der Waals surface area contributed by atoms with Crippen molar-refractivity contribution in [2.75, 3.05) is 0 Å². The molecule has 6 rings (SSSR count). The van der Waals surface area contributed by atoms with E-state index in [1.165, 1.54) is 0 Å². The van der Waals surface area contributed by atoms with Crippen molar-refractivity contribution in [3.8, 4) is 0 Å². The number of nitrogens with zero attached hydrogens (tertiary/aromatic N) is 2. The van der Waals surface area contributed by atoms with Gasteiger partial charge in [-0.2, -0.15) is 0 Å². The lowest BCUT2D eigenvalue weighted by molar-refractivity contribution is -0.139. The number of hydrogen-bond donors (Lipinski definition) is 2. The Morgan fingerprint density at radius 1 is 0.500 bits per heavy atom. The standard InChI is InChI=1S/C22H18N4O4/c27-19-13-15(11-7-3-1-4-8-11)25-18-14(20(28)24-22(18)30)16(12-9-5-2-6-10-12)26(25)17(13)21(29)23-19/h1-10,13-18H,(H,23,27,29)(H,24,28,30)/t13-,14-,15-,16+,17+,18-/m1/s1. The second kappa shape index (κ2) is 6.07. The van der Waals surface area contributed by atoms with Crippen LogP contribution in [0.4, 0.5) is 0 Å². The first-order valence-corrected chi connectivity index (χ1v) is 9.94. The highest BCUT2D eigenvalue weighted by Gasteiger charge is 2.71. The molecule has 0 spiro atoms. The zero-order valence-corrected chi connectivity index (χ0v) is 15.8. The van der Waals surface area contributed by atoms with E-state index in [2.05, 4.69) is 10.6 Å². The predicted octanol–water partition coefficient (Wildman–Crippen LogP) is 0.298. The molecular formula is C22H18N4O4. The Balaban J connectivity index is 1.58. The fourth-order valence-corrected chi connectivity index (χ4v) is 5.64. The van der Waals surface area contributed by atoms with Gasteiger partial charge in [0.2, 0.25) is 23.6 Å². The molecule has 0 aliphatic carbocycles. The van der Waals surface area contributed by atoms with Gasteiger partial charge in [-0.05, 0) is 11.1 Å². The summed E-state index contributed by atoms with van der Waals surface area (Å²) in [4.78, 5) is 51.3. The van der Waals surface area contributed by atoms with Crippen LogP contribution < -0.4 is 10.6 Å². The summed E-state index contributed by atoms with van der Waals surface area (Å²) in [5.74, 6) is -2.78. The van der Waals surface area contributed by atoms with Crippen LogP contribution in [0, 0.1) is 11.8 Å². The third-order valence-corrected chi connectivity index (χ3v) is 6.69. The SMILES string of the molecule is O=C1NC(=O)[C@@H]2[C@H]1[C@@H](c1ccccc1)N1[C@H]3C(=O)NC(=O)[C@@H]3[C@H](c3ccccc3)N21. The van der Waals surface area contributed by atoms with E-state index in [1.54, 1.807) is 0 Å². The summed E-state index contributed by atoms with van der Waals surface area (Å²) in [6.45, 7) is 0. The molecule has 2 aromatic carbocycles. The van der Waals surface area contributed by atoms with Gasteiger partial charge in [-0.25, -0.2) is 10.0 Å². The average Bonchev–Trinajstić information content (AvgIpc) is 3.43. The van der Waals surface area contributed by atoms with Crippen LogP contribution in [0.2, 0.25) is 0 Å². The highest BCUT2D eigenvalue weighted by molar-refractivity contribution is 6.10. The van der Waals surface area contributed by atoms with Crippen molar-refractivity contribution in [3.05, 3.63) is 71.8 Å². The molecule has 0 aromatic heterocycles. The number of fused-ring (bicyclic) bond motifs is 5. The maximum atomic E-state index is 12.9. The van der Waals surface area contributed by atoms with E-state index in [9.17, 15) is 19.2 Å². The molecule has 0 unspecified atom stereocenters. The number of benzene rings is 2. The molecule has 2 aromatic rings. The van der Waals surface area contributed by atoms with Crippen LogP contribution in [0.3, 0.4) is 0 Å². The molecule has 4 heterocycles. The van der Waals surface area contributed by atoms with E-state index in [1.807, 2.05) is 70.7 Å². The van der Waals surface area contributed by atoms with Crippen LogP contribution in [0.5, 0.6) is 0 Å². The zero-order valence-electron chi connectivity index (χ0n) is 15.8. The summed E-state index contributed by atoms with van der Waals surface area (Å²) < 4.78 is 0. The third kappa shape index (κ3) is 2.12. The van der Waals surface area contributed by atoms with Crippen LogP contribution in [-0.4, -0.2) is 45.7 Å². The molecule has 8 nitrogen and oxygen atoms in total. The lowest BCUT2D eigenvalue weighted by Crippen LogP contribution is -2.48. The molecule has 4 saturated heterocycles. The third-order valence-electron chi connectivity index (χ3n) is 6.69. The van der Waals surface area contributed by atoms with Gasteiger partial charge >= 0.3 is 0 Å². The van der Waals surface area contributed by atoms with Crippen LogP contribution in [0.15, 0.2) is 60.7 Å². The van der Waals surface area contributed by atoms with E-state index in [0.29, 0.717) is 0 Å². The van der Waals surface area contributed by atoms with Crippen molar-refractivity contribution >= 4 is 23.6 Å². The first-order chi connectivity index (χ1) is 14.6. The van der Waals surface area contributed by atoms with Crippen molar-refractivity contribution in [1.82, 2.24) is 20.7 Å². The first kappa shape index (κ1) is 17.5. The second-order valence-corrected chi connectivity index (χ2v) is 8.12. The molecule has 8 heteroatoms. The monoisotopic (exact) mass is 402 g/mol. The van der Waals surface area contributed by atoms with E-state index in [0.717, 1.165) is 11.1 Å². The molecule has 0 bridgehead atoms. The van der Waals surface area contributed by atoms with Crippen LogP contribution in [0.1, 0.15) is 23.2 Å². The van der Waals surface area contributed by atoms with Crippen LogP contribution >= 0.6 is 0 Å². The molecule has 150 valence electrons. The summed E-state index contributed by atoms with van der Waals surface area (Å²) in [7, 11) is 0. The Kier molecular flexibility index (Phi) is 3.54. The number of carbonyl (C=O) groups is 4. The lowest BCUT2D eigenvalue weighted by Gasteiger charge is -2.33. The van der Waals surface area contributed by atoms with Gasteiger partial charge < -0.3 is 0 Å². The molecule has 30 heavy (non-hydrogen) atoms. The smallest absolute Gasteiger partial charge is 0.246 e. The van der Waals surface area contributed by atoms with Crippen LogP contribution in [0.25, 0.3) is 0 Å². The van der Waals surface area contributed by atoms with Crippen molar-refractivity contribution in [2.24, 2.45) is 11.8 Å². The van der Waals surface area contributed by atoms with E-state index < -0.39 is 36.0 Å². The van der Waals surface area contributed by atoms with Gasteiger partial charge in [-0.1, -0.05) is 60.7 Å². The van der Waals surface area contributed by atoms with Crippen LogP contribution in [-0.2, 0) is 19.2 Å². The molecule has 4 aliphatic heterocycles. The topological polar surface area (TPSA) is 98.8 Å². The number of amides is 4. The number of nitrogens with one attached hydrogen (secondary N) is 2. The highest BCUT2D eigenvalue weighted by atomic mass is 16.2. The average molecular weight is 402 g/mol. The van der Waals surface area contributed by atoms with Crippen molar-refractivity contribution in [2.45, 2.75) is 24.2 Å². The Morgan fingerprint density at radius 2 is 0.867 bits per heavy atom. The minimum Gasteiger partial charge on any atom is -0.295 e. The number of hydrazine groups is 1. The molecule has 4 fully saturated rings. The van der Waals surface area contributed by atoms with E-state index in [4.69, 9.17) is 0 Å². The number of imide groups is 2. The molecule has 4 amide bonds. The molecule has 0 radical (unpaired) electrons. The zero-order chi connectivity index (χ0) is 20.6. The maximum Gasteiger partial charge on any atom is 0.246 e. The second-order valence-electron chi connectivity index (χ2n) is 8.12. The first-order valence-electron chi connectivity index (χ1n) is 9.94. The molecule has 4 aliphatic rings. The van der Waals surface area contributed by atoms with Gasteiger partial charge in [-0.3, -0.25) is 29.8 Å². The normalized spacial score (nSPS) is 35.2. The number of rotatable bonds is 2. The quantitative estimate of drug-likeness (QED) is 0.701. The van der Waals surface area contributed by atoms with E-state index >= 15 is 0 Å². The van der Waals surface area contributed by atoms with Gasteiger partial charge in [0.15, 0.2) is 0 Å². The number of hydrogen-bond acceptors (Lipinski definition) is 6.